The van der Waals surface area contributed by atoms with Crippen molar-refractivity contribution in [2.45, 2.75) is 25.8 Å². The van der Waals surface area contributed by atoms with Crippen LogP contribution in [0.5, 0.6) is 5.75 Å². The number of carbonyl (C=O) groups is 1. The molecule has 1 aromatic carbocycles. The van der Waals surface area contributed by atoms with Crippen LogP contribution in [0.15, 0.2) is 18.2 Å². The lowest BCUT2D eigenvalue weighted by Gasteiger charge is -2.35. The first kappa shape index (κ1) is 15.6. The molecule has 1 aliphatic rings. The van der Waals surface area contributed by atoms with E-state index < -0.39 is 0 Å². The second kappa shape index (κ2) is 6.80. The molecular formula is C16H25N3O2. The van der Waals surface area contributed by atoms with E-state index in [1.54, 1.807) is 7.11 Å². The molecule has 1 heterocycles. The predicted octanol–water partition coefficient (Wildman–Crippen LogP) is 1.68. The Kier molecular flexibility index (Phi) is 5.07. The number of primary amides is 1. The summed E-state index contributed by atoms with van der Waals surface area (Å²) in [5.74, 6) is 0.601. The van der Waals surface area contributed by atoms with Gasteiger partial charge in [-0.2, -0.15) is 0 Å². The number of anilines is 1. The highest BCUT2D eigenvalue weighted by molar-refractivity contribution is 5.78. The molecule has 5 nitrogen and oxygen atoms in total. The van der Waals surface area contributed by atoms with E-state index in [1.807, 2.05) is 19.2 Å². The molecule has 2 rings (SSSR count). The second-order valence-electron chi connectivity index (χ2n) is 5.59. The topological polar surface area (TPSA) is 67.6 Å². The third kappa shape index (κ3) is 3.29. The van der Waals surface area contributed by atoms with E-state index >= 15 is 0 Å². The number of carbonyl (C=O) groups excluding carboxylic acids is 1. The lowest BCUT2D eigenvalue weighted by Crippen LogP contribution is -2.41. The molecule has 0 saturated carbocycles. The first-order valence-electron chi connectivity index (χ1n) is 7.47. The van der Waals surface area contributed by atoms with Crippen molar-refractivity contribution < 1.29 is 9.53 Å². The molecule has 5 heteroatoms. The largest absolute Gasteiger partial charge is 0.496 e. The molecule has 1 aromatic rings. The molecule has 2 unspecified atom stereocenters. The summed E-state index contributed by atoms with van der Waals surface area (Å²) in [4.78, 5) is 13.7. The molecule has 1 fully saturated rings. The minimum Gasteiger partial charge on any atom is -0.496 e. The Morgan fingerprint density at radius 2 is 2.29 bits per heavy atom. The van der Waals surface area contributed by atoms with Crippen LogP contribution in [0.3, 0.4) is 0 Å². The van der Waals surface area contributed by atoms with Crippen LogP contribution >= 0.6 is 0 Å². The lowest BCUT2D eigenvalue weighted by molar-refractivity contribution is -0.122. The monoisotopic (exact) mass is 291 g/mol. The number of nitrogens with zero attached hydrogens (tertiary/aromatic N) is 1. The van der Waals surface area contributed by atoms with Gasteiger partial charge in [0.15, 0.2) is 0 Å². The number of piperidine rings is 1. The van der Waals surface area contributed by atoms with Gasteiger partial charge in [-0.15, -0.1) is 0 Å². The number of hydrogen-bond donors (Lipinski definition) is 2. The van der Waals surface area contributed by atoms with Gasteiger partial charge in [0, 0.05) is 30.4 Å². The summed E-state index contributed by atoms with van der Waals surface area (Å²) in [7, 11) is 3.62. The highest BCUT2D eigenvalue weighted by Crippen LogP contribution is 2.36. The maximum atomic E-state index is 11.5. The molecule has 1 amide bonds. The summed E-state index contributed by atoms with van der Waals surface area (Å²) in [6.45, 7) is 3.74. The summed E-state index contributed by atoms with van der Waals surface area (Å²) < 4.78 is 5.52. The lowest BCUT2D eigenvalue weighted by atomic mass is 9.95. The van der Waals surface area contributed by atoms with Crippen molar-refractivity contribution in [2.24, 2.45) is 11.7 Å². The SMILES string of the molecule is CNC(C)c1c(OC)cccc1N1CCCC(C(N)=O)C1. The molecule has 3 N–H and O–H groups in total. The molecule has 0 spiro atoms. The van der Waals surface area contributed by atoms with Crippen molar-refractivity contribution in [3.8, 4) is 5.75 Å². The van der Waals surface area contributed by atoms with Gasteiger partial charge < -0.3 is 20.7 Å². The predicted molar refractivity (Wildman–Crippen MR) is 84.6 cm³/mol. The molecule has 0 aliphatic carbocycles. The van der Waals surface area contributed by atoms with E-state index in [1.165, 1.54) is 0 Å². The van der Waals surface area contributed by atoms with Crippen LogP contribution in [0.1, 0.15) is 31.4 Å². The van der Waals surface area contributed by atoms with Crippen molar-refractivity contribution in [3.63, 3.8) is 0 Å². The minimum atomic E-state index is -0.203. The third-order valence-electron chi connectivity index (χ3n) is 4.29. The first-order chi connectivity index (χ1) is 10.1. The number of rotatable bonds is 5. The Labute approximate surface area is 126 Å². The Morgan fingerprint density at radius 1 is 1.52 bits per heavy atom. The maximum Gasteiger partial charge on any atom is 0.222 e. The maximum absolute atomic E-state index is 11.5. The van der Waals surface area contributed by atoms with E-state index in [2.05, 4.69) is 23.2 Å². The molecule has 1 aliphatic heterocycles. The summed E-state index contributed by atoms with van der Waals surface area (Å²) in [6, 6.07) is 6.23. The molecular weight excluding hydrogens is 266 g/mol. The van der Waals surface area contributed by atoms with Crippen LogP contribution in [-0.4, -0.2) is 33.2 Å². The molecule has 0 radical (unpaired) electrons. The molecule has 116 valence electrons. The number of nitrogens with two attached hydrogens (primary N) is 1. The van der Waals surface area contributed by atoms with Gasteiger partial charge in [-0.1, -0.05) is 6.07 Å². The minimum absolute atomic E-state index is 0.0670. The number of methoxy groups -OCH3 is 1. The van der Waals surface area contributed by atoms with Gasteiger partial charge in [0.05, 0.1) is 13.0 Å². The third-order valence-corrected chi connectivity index (χ3v) is 4.29. The molecule has 0 bridgehead atoms. The Balaban J connectivity index is 2.36. The average molecular weight is 291 g/mol. The van der Waals surface area contributed by atoms with Gasteiger partial charge in [0.1, 0.15) is 5.75 Å². The van der Waals surface area contributed by atoms with Crippen LogP contribution in [0, 0.1) is 5.92 Å². The normalized spacial score (nSPS) is 20.1. The average Bonchev–Trinajstić information content (AvgIpc) is 2.53. The number of hydrogen-bond acceptors (Lipinski definition) is 4. The van der Waals surface area contributed by atoms with Crippen LogP contribution in [-0.2, 0) is 4.79 Å². The zero-order valence-corrected chi connectivity index (χ0v) is 13.1. The Bertz CT molecular complexity index is 504. The van der Waals surface area contributed by atoms with E-state index in [0.29, 0.717) is 6.54 Å². The van der Waals surface area contributed by atoms with Gasteiger partial charge in [0.2, 0.25) is 5.91 Å². The van der Waals surface area contributed by atoms with Crippen LogP contribution in [0.2, 0.25) is 0 Å². The Hall–Kier alpha value is -1.75. The van der Waals surface area contributed by atoms with E-state index in [9.17, 15) is 4.79 Å². The number of nitrogens with one attached hydrogen (secondary N) is 1. The molecule has 2 atom stereocenters. The van der Waals surface area contributed by atoms with Gasteiger partial charge in [-0.25, -0.2) is 0 Å². The zero-order chi connectivity index (χ0) is 15.4. The van der Waals surface area contributed by atoms with E-state index in [0.717, 1.165) is 36.4 Å². The summed E-state index contributed by atoms with van der Waals surface area (Å²) in [6.07, 6.45) is 1.87. The number of amides is 1. The summed E-state index contributed by atoms with van der Waals surface area (Å²) in [5.41, 5.74) is 7.74. The highest BCUT2D eigenvalue weighted by atomic mass is 16.5. The highest BCUT2D eigenvalue weighted by Gasteiger charge is 2.27. The zero-order valence-electron chi connectivity index (χ0n) is 13.1. The first-order valence-corrected chi connectivity index (χ1v) is 7.47. The quantitative estimate of drug-likeness (QED) is 0.866. The number of ether oxygens (including phenoxy) is 1. The standard InChI is InChI=1S/C16H25N3O2/c1-11(18-2)15-13(7-4-8-14(15)21-3)19-9-5-6-12(10-19)16(17)20/h4,7-8,11-12,18H,5-6,9-10H2,1-3H3,(H2,17,20). The fraction of sp³-hybridized carbons (Fsp3) is 0.562. The molecule has 1 saturated heterocycles. The van der Waals surface area contributed by atoms with Crippen molar-refractivity contribution >= 4 is 11.6 Å². The van der Waals surface area contributed by atoms with Crippen LogP contribution in [0.4, 0.5) is 5.69 Å². The molecule has 21 heavy (non-hydrogen) atoms. The van der Waals surface area contributed by atoms with Gasteiger partial charge in [0.25, 0.3) is 0 Å². The fourth-order valence-corrected chi connectivity index (χ4v) is 2.99. The van der Waals surface area contributed by atoms with Crippen LogP contribution in [0.25, 0.3) is 0 Å². The van der Waals surface area contributed by atoms with Crippen molar-refractivity contribution in [1.82, 2.24) is 5.32 Å². The van der Waals surface area contributed by atoms with Gasteiger partial charge in [-0.05, 0) is 38.9 Å². The van der Waals surface area contributed by atoms with Crippen molar-refractivity contribution in [1.29, 1.82) is 0 Å². The van der Waals surface area contributed by atoms with Crippen LogP contribution < -0.4 is 20.7 Å². The van der Waals surface area contributed by atoms with E-state index in [4.69, 9.17) is 10.5 Å². The smallest absolute Gasteiger partial charge is 0.222 e. The van der Waals surface area contributed by atoms with E-state index in [-0.39, 0.29) is 17.9 Å². The summed E-state index contributed by atoms with van der Waals surface area (Å²) >= 11 is 0. The fourth-order valence-electron chi connectivity index (χ4n) is 2.99. The summed E-state index contributed by atoms with van der Waals surface area (Å²) in [5, 5.41) is 3.27. The van der Waals surface area contributed by atoms with Gasteiger partial charge in [-0.3, -0.25) is 4.79 Å². The molecule has 0 aromatic heterocycles. The van der Waals surface area contributed by atoms with Crippen molar-refractivity contribution in [2.75, 3.05) is 32.1 Å². The second-order valence-corrected chi connectivity index (χ2v) is 5.59. The van der Waals surface area contributed by atoms with Crippen molar-refractivity contribution in [3.05, 3.63) is 23.8 Å². The Morgan fingerprint density at radius 3 is 2.90 bits per heavy atom. The number of benzene rings is 1. The van der Waals surface area contributed by atoms with Gasteiger partial charge >= 0.3 is 0 Å².